The summed E-state index contributed by atoms with van der Waals surface area (Å²) in [5, 5.41) is 112. The summed E-state index contributed by atoms with van der Waals surface area (Å²) in [6, 6.07) is 0. The Balaban J connectivity index is 1.33. The molecule has 17 unspecified atom stereocenters. The van der Waals surface area contributed by atoms with Gasteiger partial charge >= 0.3 is 11.9 Å². The molecule has 5 aliphatic rings. The van der Waals surface area contributed by atoms with Gasteiger partial charge in [0, 0.05) is 18.8 Å². The number of aliphatic carboxylic acids is 1. The van der Waals surface area contributed by atoms with E-state index >= 15 is 0 Å². The molecule has 17 atom stereocenters. The molecule has 3 aliphatic heterocycles. The van der Waals surface area contributed by atoms with Crippen LogP contribution in [0.15, 0.2) is 0 Å². The minimum atomic E-state index is -2.02. The normalized spacial score (nSPS) is 47.6. The van der Waals surface area contributed by atoms with Crippen molar-refractivity contribution in [2.75, 3.05) is 13.2 Å². The minimum Gasteiger partial charge on any atom is -0.479 e. The molecule has 5 fully saturated rings. The van der Waals surface area contributed by atoms with Gasteiger partial charge in [-0.1, -0.05) is 0 Å². The third-order valence-electron chi connectivity index (χ3n) is 10.7. The zero-order chi connectivity index (χ0) is 36.4. The maximum atomic E-state index is 12.1. The first kappa shape index (κ1) is 39.5. The molecule has 0 bridgehead atoms. The van der Waals surface area contributed by atoms with Crippen molar-refractivity contribution in [1.82, 2.24) is 0 Å². The van der Waals surface area contributed by atoms with Crippen LogP contribution in [0.2, 0.25) is 0 Å². The first-order chi connectivity index (χ1) is 23.7. The van der Waals surface area contributed by atoms with Crippen molar-refractivity contribution >= 4 is 11.9 Å². The molecule has 2 aliphatic carbocycles. The zero-order valence-electron chi connectivity index (χ0n) is 27.3. The summed E-state index contributed by atoms with van der Waals surface area (Å²) >= 11 is 0. The standard InChI is InChI=1S/C31H50O19/c32-9-19-22(37)24(39)26(41)30(49-19)47-17-6-13(34)5-16-14(17)7-18(28(46-16)11-1-3-12(33)4-2-11)48-31-27(42)25(40)23(38)20(50-31)10-45-21(36)8-15(35)29(43)44/h11-20,22-28,30-35,37-42H,1-10H2,(H,43,44)/p+1. The highest BCUT2D eigenvalue weighted by molar-refractivity contribution is 5.80. The Morgan fingerprint density at radius 2 is 1.30 bits per heavy atom. The van der Waals surface area contributed by atoms with Gasteiger partial charge in [-0.2, -0.15) is 0 Å². The summed E-state index contributed by atoms with van der Waals surface area (Å²) in [6.45, 7) is -1.34. The molecule has 2 saturated carbocycles. The van der Waals surface area contributed by atoms with E-state index in [1.807, 2.05) is 0 Å². The highest BCUT2D eigenvalue weighted by Crippen LogP contribution is 2.43. The first-order valence-electron chi connectivity index (χ1n) is 17.1. The Bertz CT molecular complexity index is 1120. The maximum Gasteiger partial charge on any atom is 0.333 e. The molecule has 5 rings (SSSR count). The summed E-state index contributed by atoms with van der Waals surface area (Å²) in [4.78, 5) is 22.9. The highest BCUT2D eigenvalue weighted by Gasteiger charge is 2.56. The lowest BCUT2D eigenvalue weighted by Crippen LogP contribution is -2.64. The number of aliphatic hydroxyl groups excluding tert-OH is 10. The van der Waals surface area contributed by atoms with Gasteiger partial charge in [-0.15, -0.1) is 0 Å². The quantitative estimate of drug-likeness (QED) is 0.0699. The largest absolute Gasteiger partial charge is 0.479 e. The van der Waals surface area contributed by atoms with E-state index in [1.54, 1.807) is 0 Å². The zero-order valence-corrected chi connectivity index (χ0v) is 27.3. The van der Waals surface area contributed by atoms with Gasteiger partial charge < -0.3 is 84.6 Å². The summed E-state index contributed by atoms with van der Waals surface area (Å²) in [6.07, 6.45) is -20.1. The number of rotatable bonds is 11. The van der Waals surface area contributed by atoms with Crippen molar-refractivity contribution < 1.29 is 94.2 Å². The molecule has 0 amide bonds. The van der Waals surface area contributed by atoms with Crippen molar-refractivity contribution in [3.05, 3.63) is 0 Å². The van der Waals surface area contributed by atoms with Gasteiger partial charge in [-0.25, -0.2) is 4.79 Å². The molecular formula is C31H51O19+. The third kappa shape index (κ3) is 8.92. The molecule has 288 valence electrons. The molecule has 0 spiro atoms. The molecule has 0 aromatic heterocycles. The van der Waals surface area contributed by atoms with Crippen molar-refractivity contribution in [3.63, 3.8) is 0 Å². The van der Waals surface area contributed by atoms with Crippen LogP contribution in [0.1, 0.15) is 51.4 Å². The number of aliphatic hydroxyl groups is 12. The van der Waals surface area contributed by atoms with Crippen LogP contribution < -0.4 is 0 Å². The molecule has 3 heterocycles. The predicted molar refractivity (Wildman–Crippen MR) is 161 cm³/mol. The number of hydrogen-bond donors (Lipinski definition) is 11. The smallest absolute Gasteiger partial charge is 0.333 e. The van der Waals surface area contributed by atoms with Crippen molar-refractivity contribution in [1.29, 1.82) is 0 Å². The fourth-order valence-corrected chi connectivity index (χ4v) is 7.78. The molecule has 0 aromatic rings. The van der Waals surface area contributed by atoms with E-state index in [2.05, 4.69) is 0 Å². The molecular weight excluding hydrogens is 676 g/mol. The lowest BCUT2D eigenvalue weighted by Gasteiger charge is -2.50. The molecule has 19 heteroatoms. The topological polar surface area (TPSA) is 316 Å². The van der Waals surface area contributed by atoms with Crippen LogP contribution in [-0.4, -0.2) is 190 Å². The van der Waals surface area contributed by atoms with E-state index in [1.165, 1.54) is 0 Å². The second kappa shape index (κ2) is 17.0. The van der Waals surface area contributed by atoms with Gasteiger partial charge in [0.1, 0.15) is 61.5 Å². The van der Waals surface area contributed by atoms with Gasteiger partial charge in [0.05, 0.1) is 37.3 Å². The van der Waals surface area contributed by atoms with Crippen LogP contribution in [-0.2, 0) is 33.3 Å². The van der Waals surface area contributed by atoms with Crippen molar-refractivity contribution in [2.24, 2.45) is 11.8 Å². The number of esters is 1. The second-order valence-corrected chi connectivity index (χ2v) is 14.1. The maximum absolute atomic E-state index is 12.1. The van der Waals surface area contributed by atoms with E-state index in [9.17, 15) is 60.7 Å². The Morgan fingerprint density at radius 3 is 1.90 bits per heavy atom. The molecule has 3 saturated heterocycles. The summed E-state index contributed by atoms with van der Waals surface area (Å²) in [7, 11) is 0. The molecule has 0 radical (unpaired) electrons. The van der Waals surface area contributed by atoms with Crippen LogP contribution in [0.4, 0.5) is 0 Å². The van der Waals surface area contributed by atoms with Crippen LogP contribution in [0.25, 0.3) is 0 Å². The average Bonchev–Trinajstić information content (AvgIpc) is 3.08. The Labute approximate surface area is 286 Å². The van der Waals surface area contributed by atoms with Crippen LogP contribution in [0, 0.1) is 11.8 Å². The molecule has 0 aromatic carbocycles. The van der Waals surface area contributed by atoms with Gasteiger partial charge in [0.2, 0.25) is 0 Å². The number of fused-ring (bicyclic) bond motifs is 1. The minimum absolute atomic E-state index is 0.0796. The molecule has 19 nitrogen and oxygen atoms in total. The predicted octanol–water partition coefficient (Wildman–Crippen LogP) is -5.27. The van der Waals surface area contributed by atoms with Crippen molar-refractivity contribution in [2.45, 2.75) is 156 Å². The number of ether oxygens (including phenoxy) is 6. The summed E-state index contributed by atoms with van der Waals surface area (Å²) in [5.74, 6) is -3.31. The number of hydrogen-bond acceptors (Lipinski definition) is 17. The Kier molecular flexibility index (Phi) is 13.4. The Hall–Kier alpha value is -1.66. The van der Waals surface area contributed by atoms with E-state index in [4.69, 9.17) is 33.5 Å². The number of carbonyl (C=O) groups excluding carboxylic acids is 1. The average molecular weight is 728 g/mol. The number of carboxylic acid groups (broad SMARTS) is 1. The Morgan fingerprint density at radius 1 is 0.720 bits per heavy atom. The van der Waals surface area contributed by atoms with Crippen LogP contribution in [0.5, 0.6) is 0 Å². The lowest BCUT2D eigenvalue weighted by atomic mass is 9.73. The van der Waals surface area contributed by atoms with Gasteiger partial charge in [0.25, 0.3) is 0 Å². The summed E-state index contributed by atoms with van der Waals surface area (Å²) in [5.41, 5.74) is 0. The second-order valence-electron chi connectivity index (χ2n) is 14.1. The van der Waals surface area contributed by atoms with E-state index in [-0.39, 0.29) is 25.2 Å². The molecule has 50 heavy (non-hydrogen) atoms. The fourth-order valence-electron chi connectivity index (χ4n) is 7.78. The van der Waals surface area contributed by atoms with E-state index in [0.29, 0.717) is 25.7 Å². The third-order valence-corrected chi connectivity index (χ3v) is 10.7. The number of carboxylic acids is 1. The first-order valence-corrected chi connectivity index (χ1v) is 17.1. The van der Waals surface area contributed by atoms with Crippen LogP contribution in [0.3, 0.4) is 0 Å². The monoisotopic (exact) mass is 727 g/mol. The fraction of sp³-hybridized carbons (Fsp3) is 0.935. The SMILES string of the molecule is O=C(CC(O)C(=O)O)OCC1OC(OC2CC3C(OC4OC(CO)C(O)C(O)C4O)CC(O)CC3[OH+]C2C2CCC(O)CC2)C(O)C(O)C1O. The van der Waals surface area contributed by atoms with Gasteiger partial charge in [0.15, 0.2) is 30.9 Å². The number of carbonyl (C=O) groups is 2. The van der Waals surface area contributed by atoms with Crippen LogP contribution >= 0.6 is 0 Å². The van der Waals surface area contributed by atoms with E-state index in [0.717, 1.165) is 0 Å². The van der Waals surface area contributed by atoms with Gasteiger partial charge in [-0.3, -0.25) is 4.79 Å². The summed E-state index contributed by atoms with van der Waals surface area (Å²) < 4.78 is 33.8. The van der Waals surface area contributed by atoms with Gasteiger partial charge in [-0.05, 0) is 32.1 Å². The molecule has 12 N–H and O–H groups in total. The van der Waals surface area contributed by atoms with E-state index < -0.39 is 142 Å². The highest BCUT2D eigenvalue weighted by atomic mass is 16.7. The van der Waals surface area contributed by atoms with Crippen molar-refractivity contribution in [3.8, 4) is 0 Å². The lowest BCUT2D eigenvalue weighted by molar-refractivity contribution is -0.366.